The minimum Gasteiger partial charge on any atom is -0.382 e. The van der Waals surface area contributed by atoms with Gasteiger partial charge < -0.3 is 9.47 Å². The van der Waals surface area contributed by atoms with Crippen LogP contribution in [0, 0.1) is 5.41 Å². The largest absolute Gasteiger partial charge is 0.382 e. The fourth-order valence-electron chi connectivity index (χ4n) is 2.46. The van der Waals surface area contributed by atoms with Gasteiger partial charge in [-0.1, -0.05) is 20.8 Å². The van der Waals surface area contributed by atoms with Gasteiger partial charge in [0.15, 0.2) is 0 Å². The normalized spacial score (nSPS) is 28.4. The Kier molecular flexibility index (Phi) is 4.61. The number of morpholine rings is 1. The third-order valence-electron chi connectivity index (χ3n) is 3.48. The Morgan fingerprint density at radius 1 is 1.18 bits per heavy atom. The quantitative estimate of drug-likeness (QED) is 0.744. The molecule has 1 heterocycles. The van der Waals surface area contributed by atoms with E-state index in [0.29, 0.717) is 12.6 Å². The molecule has 0 spiro atoms. The number of ether oxygens (including phenoxy) is 2. The molecule has 2 atom stereocenters. The van der Waals surface area contributed by atoms with E-state index in [9.17, 15) is 0 Å². The van der Waals surface area contributed by atoms with Gasteiger partial charge in [0.2, 0.25) is 0 Å². The third-order valence-corrected chi connectivity index (χ3v) is 3.48. The third kappa shape index (κ3) is 3.94. The topological polar surface area (TPSA) is 21.7 Å². The van der Waals surface area contributed by atoms with Gasteiger partial charge in [-0.15, -0.1) is 0 Å². The molecule has 0 saturated carbocycles. The first kappa shape index (κ1) is 14.9. The van der Waals surface area contributed by atoms with Crippen LogP contribution in [0.1, 0.15) is 41.5 Å². The lowest BCUT2D eigenvalue weighted by Gasteiger charge is -2.51. The number of rotatable bonds is 2. The minimum atomic E-state index is 0.174. The van der Waals surface area contributed by atoms with E-state index >= 15 is 0 Å². The smallest absolute Gasteiger partial charge is 0.0935 e. The summed E-state index contributed by atoms with van der Waals surface area (Å²) in [6.07, 6.45) is 0.206. The summed E-state index contributed by atoms with van der Waals surface area (Å²) in [5.41, 5.74) is 0.416. The van der Waals surface area contributed by atoms with Crippen molar-refractivity contribution in [2.75, 3.05) is 26.9 Å². The number of hydrogen-bond donors (Lipinski definition) is 0. The average Bonchev–Trinajstić information content (AvgIpc) is 2.15. The first-order valence-corrected chi connectivity index (χ1v) is 6.53. The Hall–Kier alpha value is -0.120. The fraction of sp³-hybridized carbons (Fsp3) is 1.00. The molecule has 1 fully saturated rings. The lowest BCUT2D eigenvalue weighted by Crippen LogP contribution is -2.61. The molecule has 3 heteroatoms. The van der Waals surface area contributed by atoms with Crippen molar-refractivity contribution in [3.63, 3.8) is 0 Å². The highest BCUT2D eigenvalue weighted by Gasteiger charge is 2.41. The number of nitrogens with zero attached hydrogens (tertiary/aromatic N) is 1. The summed E-state index contributed by atoms with van der Waals surface area (Å²) in [5, 5.41) is 0. The van der Waals surface area contributed by atoms with Crippen molar-refractivity contribution in [1.82, 2.24) is 4.90 Å². The molecule has 0 aliphatic carbocycles. The van der Waals surface area contributed by atoms with Gasteiger partial charge in [-0.3, -0.25) is 4.90 Å². The van der Waals surface area contributed by atoms with Gasteiger partial charge in [-0.05, 0) is 26.2 Å². The Labute approximate surface area is 106 Å². The molecule has 102 valence electrons. The molecule has 1 saturated heterocycles. The van der Waals surface area contributed by atoms with Gasteiger partial charge in [0.25, 0.3) is 0 Å². The van der Waals surface area contributed by atoms with Gasteiger partial charge in [-0.25, -0.2) is 0 Å². The maximum atomic E-state index is 5.92. The van der Waals surface area contributed by atoms with Crippen molar-refractivity contribution >= 4 is 0 Å². The second-order valence-corrected chi connectivity index (χ2v) is 7.12. The van der Waals surface area contributed by atoms with E-state index in [1.165, 1.54) is 0 Å². The van der Waals surface area contributed by atoms with Gasteiger partial charge in [0.1, 0.15) is 0 Å². The van der Waals surface area contributed by atoms with E-state index in [0.717, 1.165) is 13.2 Å². The SMILES string of the molecule is COCC1CN(C(C)(C)C)C(C(C)(C)C)CO1. The zero-order chi connectivity index (χ0) is 13.3. The molecular weight excluding hydrogens is 214 g/mol. The molecule has 3 nitrogen and oxygen atoms in total. The van der Waals surface area contributed by atoms with E-state index in [2.05, 4.69) is 46.4 Å². The minimum absolute atomic E-state index is 0.174. The van der Waals surface area contributed by atoms with Crippen molar-refractivity contribution in [3.05, 3.63) is 0 Å². The van der Waals surface area contributed by atoms with E-state index in [-0.39, 0.29) is 17.1 Å². The van der Waals surface area contributed by atoms with Crippen LogP contribution in [0.25, 0.3) is 0 Å². The Morgan fingerprint density at radius 2 is 1.76 bits per heavy atom. The second kappa shape index (κ2) is 5.25. The molecule has 1 rings (SSSR count). The molecule has 0 bridgehead atoms. The van der Waals surface area contributed by atoms with Crippen LogP contribution in [0.5, 0.6) is 0 Å². The summed E-state index contributed by atoms with van der Waals surface area (Å²) in [6, 6.07) is 0.468. The second-order valence-electron chi connectivity index (χ2n) is 7.12. The molecule has 1 aliphatic heterocycles. The van der Waals surface area contributed by atoms with Gasteiger partial charge in [-0.2, -0.15) is 0 Å². The zero-order valence-electron chi connectivity index (χ0n) is 12.5. The first-order chi connectivity index (χ1) is 7.66. The molecule has 0 amide bonds. The lowest BCUT2D eigenvalue weighted by molar-refractivity contribution is -0.137. The first-order valence-electron chi connectivity index (χ1n) is 6.53. The molecule has 0 aromatic heterocycles. The summed E-state index contributed by atoms with van der Waals surface area (Å²) in [6.45, 7) is 16.1. The predicted molar refractivity (Wildman–Crippen MR) is 71.3 cm³/mol. The van der Waals surface area contributed by atoms with Crippen LogP contribution in [0.15, 0.2) is 0 Å². The molecule has 0 aromatic carbocycles. The molecule has 17 heavy (non-hydrogen) atoms. The fourth-order valence-corrected chi connectivity index (χ4v) is 2.46. The maximum Gasteiger partial charge on any atom is 0.0935 e. The standard InChI is InChI=1S/C14H29NO2/c1-13(2,3)12-10-17-11(9-16-7)8-15(12)14(4,5)6/h11-12H,8-10H2,1-7H3. The van der Waals surface area contributed by atoms with E-state index in [1.54, 1.807) is 7.11 Å². The van der Waals surface area contributed by atoms with E-state index in [4.69, 9.17) is 9.47 Å². The highest BCUT2D eigenvalue weighted by Crippen LogP contribution is 2.33. The summed E-state index contributed by atoms with van der Waals surface area (Å²) < 4.78 is 11.1. The van der Waals surface area contributed by atoms with Crippen LogP contribution >= 0.6 is 0 Å². The molecule has 0 N–H and O–H groups in total. The van der Waals surface area contributed by atoms with Crippen molar-refractivity contribution in [2.45, 2.75) is 59.2 Å². The number of methoxy groups -OCH3 is 1. The molecular formula is C14H29NO2. The number of hydrogen-bond acceptors (Lipinski definition) is 3. The molecule has 0 radical (unpaired) electrons. The summed E-state index contributed by atoms with van der Waals surface area (Å²) >= 11 is 0. The van der Waals surface area contributed by atoms with Gasteiger partial charge in [0, 0.05) is 25.2 Å². The van der Waals surface area contributed by atoms with Crippen molar-refractivity contribution in [3.8, 4) is 0 Å². The van der Waals surface area contributed by atoms with Crippen molar-refractivity contribution < 1.29 is 9.47 Å². The summed E-state index contributed by atoms with van der Waals surface area (Å²) in [7, 11) is 1.74. The van der Waals surface area contributed by atoms with Gasteiger partial charge >= 0.3 is 0 Å². The van der Waals surface area contributed by atoms with E-state index < -0.39 is 0 Å². The molecule has 1 aliphatic rings. The highest BCUT2D eigenvalue weighted by molar-refractivity contribution is 4.93. The summed E-state index contributed by atoms with van der Waals surface area (Å²) in [5.74, 6) is 0. The van der Waals surface area contributed by atoms with Crippen LogP contribution in [0.4, 0.5) is 0 Å². The highest BCUT2D eigenvalue weighted by atomic mass is 16.5. The van der Waals surface area contributed by atoms with Crippen LogP contribution in [0.2, 0.25) is 0 Å². The molecule has 2 unspecified atom stereocenters. The Balaban J connectivity index is 2.80. The Morgan fingerprint density at radius 3 is 2.18 bits per heavy atom. The average molecular weight is 243 g/mol. The van der Waals surface area contributed by atoms with Crippen molar-refractivity contribution in [1.29, 1.82) is 0 Å². The Bertz CT molecular complexity index is 240. The van der Waals surface area contributed by atoms with Crippen LogP contribution in [-0.2, 0) is 9.47 Å². The molecule has 0 aromatic rings. The zero-order valence-corrected chi connectivity index (χ0v) is 12.5. The van der Waals surface area contributed by atoms with Crippen LogP contribution in [0.3, 0.4) is 0 Å². The summed E-state index contributed by atoms with van der Waals surface area (Å²) in [4.78, 5) is 2.57. The lowest BCUT2D eigenvalue weighted by atomic mass is 9.82. The van der Waals surface area contributed by atoms with Crippen LogP contribution < -0.4 is 0 Å². The van der Waals surface area contributed by atoms with Crippen LogP contribution in [-0.4, -0.2) is 49.5 Å². The monoisotopic (exact) mass is 243 g/mol. The maximum absolute atomic E-state index is 5.92. The van der Waals surface area contributed by atoms with Gasteiger partial charge in [0.05, 0.1) is 19.3 Å². The van der Waals surface area contributed by atoms with Crippen molar-refractivity contribution in [2.24, 2.45) is 5.41 Å². The van der Waals surface area contributed by atoms with E-state index in [1.807, 2.05) is 0 Å². The predicted octanol–water partition coefficient (Wildman–Crippen LogP) is 2.55.